The standard InChI is InChI=1S/C14H18BrN3O2/c1-9(2)7-18-8-10(5-13(18)19)14(20)17-12-4-3-11(15)6-16-12/h3-4,6,9-10H,5,7-8H2,1-2H3,(H,16,17,20)/t10-/m0/s1. The van der Waals surface area contributed by atoms with Gasteiger partial charge in [0.15, 0.2) is 0 Å². The summed E-state index contributed by atoms with van der Waals surface area (Å²) in [6.45, 7) is 5.33. The molecule has 0 aromatic carbocycles. The first-order chi connectivity index (χ1) is 9.45. The zero-order valence-electron chi connectivity index (χ0n) is 11.6. The molecule has 1 saturated heterocycles. The number of aromatic nitrogens is 1. The van der Waals surface area contributed by atoms with E-state index in [9.17, 15) is 9.59 Å². The van der Waals surface area contributed by atoms with Crippen LogP contribution in [0.4, 0.5) is 5.82 Å². The van der Waals surface area contributed by atoms with Crippen molar-refractivity contribution in [3.63, 3.8) is 0 Å². The maximum Gasteiger partial charge on any atom is 0.230 e. The normalized spacial score (nSPS) is 18.7. The molecule has 6 heteroatoms. The Kier molecular flexibility index (Phi) is 4.75. The predicted octanol–water partition coefficient (Wildman–Crippen LogP) is 2.29. The van der Waals surface area contributed by atoms with Crippen molar-refractivity contribution in [1.29, 1.82) is 0 Å². The van der Waals surface area contributed by atoms with Crippen LogP contribution in [0.3, 0.4) is 0 Å². The Hall–Kier alpha value is -1.43. The van der Waals surface area contributed by atoms with Crippen molar-refractivity contribution in [1.82, 2.24) is 9.88 Å². The van der Waals surface area contributed by atoms with Gasteiger partial charge in [0.1, 0.15) is 5.82 Å². The second kappa shape index (κ2) is 6.35. The van der Waals surface area contributed by atoms with Crippen LogP contribution in [0.15, 0.2) is 22.8 Å². The Balaban J connectivity index is 1.94. The van der Waals surface area contributed by atoms with Gasteiger partial charge in [-0.25, -0.2) is 4.98 Å². The minimum atomic E-state index is -0.285. The Morgan fingerprint density at radius 3 is 2.90 bits per heavy atom. The van der Waals surface area contributed by atoms with E-state index in [4.69, 9.17) is 0 Å². The molecule has 1 aliphatic heterocycles. The number of nitrogens with zero attached hydrogens (tertiary/aromatic N) is 2. The summed E-state index contributed by atoms with van der Waals surface area (Å²) < 4.78 is 0.856. The highest BCUT2D eigenvalue weighted by atomic mass is 79.9. The topological polar surface area (TPSA) is 62.3 Å². The molecule has 0 unspecified atom stereocenters. The fourth-order valence-corrected chi connectivity index (χ4v) is 2.48. The van der Waals surface area contributed by atoms with Gasteiger partial charge in [0.05, 0.1) is 5.92 Å². The Labute approximate surface area is 126 Å². The van der Waals surface area contributed by atoms with Crippen LogP contribution in [0.2, 0.25) is 0 Å². The summed E-state index contributed by atoms with van der Waals surface area (Å²) in [6, 6.07) is 3.54. The maximum atomic E-state index is 12.1. The van der Waals surface area contributed by atoms with Gasteiger partial charge in [0, 0.05) is 30.2 Å². The highest BCUT2D eigenvalue weighted by molar-refractivity contribution is 9.10. The molecule has 1 aromatic rings. The summed E-state index contributed by atoms with van der Waals surface area (Å²) in [6.07, 6.45) is 1.91. The van der Waals surface area contributed by atoms with Crippen LogP contribution < -0.4 is 5.32 Å². The Morgan fingerprint density at radius 2 is 2.30 bits per heavy atom. The van der Waals surface area contributed by atoms with E-state index in [1.165, 1.54) is 0 Å². The van der Waals surface area contributed by atoms with Crippen LogP contribution in [0.5, 0.6) is 0 Å². The number of carbonyl (C=O) groups excluding carboxylic acids is 2. The molecule has 1 aromatic heterocycles. The van der Waals surface area contributed by atoms with E-state index in [1.807, 2.05) is 6.07 Å². The zero-order valence-corrected chi connectivity index (χ0v) is 13.2. The summed E-state index contributed by atoms with van der Waals surface area (Å²) in [4.78, 5) is 29.8. The number of hydrogen-bond acceptors (Lipinski definition) is 3. The van der Waals surface area contributed by atoms with E-state index in [-0.39, 0.29) is 24.2 Å². The predicted molar refractivity (Wildman–Crippen MR) is 80.1 cm³/mol. The Morgan fingerprint density at radius 1 is 1.55 bits per heavy atom. The highest BCUT2D eigenvalue weighted by Crippen LogP contribution is 2.20. The smallest absolute Gasteiger partial charge is 0.230 e. The molecule has 20 heavy (non-hydrogen) atoms. The van der Waals surface area contributed by atoms with Crippen molar-refractivity contribution < 1.29 is 9.59 Å². The third kappa shape index (κ3) is 3.79. The van der Waals surface area contributed by atoms with Gasteiger partial charge >= 0.3 is 0 Å². The largest absolute Gasteiger partial charge is 0.342 e. The number of hydrogen-bond donors (Lipinski definition) is 1. The van der Waals surface area contributed by atoms with Gasteiger partial charge < -0.3 is 10.2 Å². The number of anilines is 1. The fourth-order valence-electron chi connectivity index (χ4n) is 2.24. The van der Waals surface area contributed by atoms with Gasteiger partial charge in [0.25, 0.3) is 0 Å². The van der Waals surface area contributed by atoms with Crippen molar-refractivity contribution in [3.8, 4) is 0 Å². The van der Waals surface area contributed by atoms with Gasteiger partial charge in [-0.2, -0.15) is 0 Å². The van der Waals surface area contributed by atoms with Crippen LogP contribution >= 0.6 is 15.9 Å². The monoisotopic (exact) mass is 339 g/mol. The molecule has 1 atom stereocenters. The SMILES string of the molecule is CC(C)CN1C[C@@H](C(=O)Nc2ccc(Br)cn2)CC1=O. The quantitative estimate of drug-likeness (QED) is 0.915. The van der Waals surface area contributed by atoms with Crippen molar-refractivity contribution in [2.45, 2.75) is 20.3 Å². The molecule has 0 bridgehead atoms. The van der Waals surface area contributed by atoms with E-state index in [0.717, 1.165) is 4.47 Å². The molecule has 5 nitrogen and oxygen atoms in total. The van der Waals surface area contributed by atoms with Crippen LogP contribution in [-0.4, -0.2) is 34.8 Å². The first-order valence-corrected chi connectivity index (χ1v) is 7.45. The maximum absolute atomic E-state index is 12.1. The molecule has 0 spiro atoms. The first kappa shape index (κ1) is 15.0. The zero-order chi connectivity index (χ0) is 14.7. The number of likely N-dealkylation sites (tertiary alicyclic amines) is 1. The van der Waals surface area contributed by atoms with Crippen LogP contribution in [0.1, 0.15) is 20.3 Å². The van der Waals surface area contributed by atoms with Crippen LogP contribution in [-0.2, 0) is 9.59 Å². The number of rotatable bonds is 4. The van der Waals surface area contributed by atoms with Crippen molar-refractivity contribution in [2.75, 3.05) is 18.4 Å². The van der Waals surface area contributed by atoms with Gasteiger partial charge in [-0.05, 0) is 34.0 Å². The molecule has 0 saturated carbocycles. The lowest BCUT2D eigenvalue weighted by atomic mass is 10.1. The van der Waals surface area contributed by atoms with Crippen molar-refractivity contribution >= 4 is 33.6 Å². The van der Waals surface area contributed by atoms with E-state index in [1.54, 1.807) is 17.2 Å². The fraction of sp³-hybridized carbons (Fsp3) is 0.500. The molecule has 0 radical (unpaired) electrons. The minimum absolute atomic E-state index is 0.0580. The molecule has 2 heterocycles. The van der Waals surface area contributed by atoms with Gasteiger partial charge in [-0.1, -0.05) is 13.8 Å². The number of pyridine rings is 1. The Bertz CT molecular complexity index is 502. The van der Waals surface area contributed by atoms with E-state index in [0.29, 0.717) is 24.8 Å². The minimum Gasteiger partial charge on any atom is -0.342 e. The summed E-state index contributed by atoms with van der Waals surface area (Å²) in [7, 11) is 0. The van der Waals surface area contributed by atoms with Crippen molar-refractivity contribution in [2.24, 2.45) is 11.8 Å². The lowest BCUT2D eigenvalue weighted by Gasteiger charge is -2.18. The molecular weight excluding hydrogens is 322 g/mol. The second-order valence-electron chi connectivity index (χ2n) is 5.44. The summed E-state index contributed by atoms with van der Waals surface area (Å²) in [5.41, 5.74) is 0. The first-order valence-electron chi connectivity index (χ1n) is 6.66. The van der Waals surface area contributed by atoms with Crippen LogP contribution in [0.25, 0.3) is 0 Å². The van der Waals surface area contributed by atoms with E-state index < -0.39 is 0 Å². The third-order valence-corrected chi connectivity index (χ3v) is 3.62. The molecule has 1 aliphatic rings. The molecule has 2 rings (SSSR count). The van der Waals surface area contributed by atoms with Gasteiger partial charge in [-0.3, -0.25) is 9.59 Å². The molecule has 2 amide bonds. The highest BCUT2D eigenvalue weighted by Gasteiger charge is 2.34. The number of halogens is 1. The molecule has 1 N–H and O–H groups in total. The lowest BCUT2D eigenvalue weighted by Crippen LogP contribution is -2.31. The van der Waals surface area contributed by atoms with Gasteiger partial charge in [-0.15, -0.1) is 0 Å². The van der Waals surface area contributed by atoms with Crippen molar-refractivity contribution in [3.05, 3.63) is 22.8 Å². The van der Waals surface area contributed by atoms with E-state index in [2.05, 4.69) is 40.1 Å². The number of amides is 2. The van der Waals surface area contributed by atoms with E-state index >= 15 is 0 Å². The lowest BCUT2D eigenvalue weighted by molar-refractivity contribution is -0.128. The third-order valence-electron chi connectivity index (χ3n) is 3.15. The summed E-state index contributed by atoms with van der Waals surface area (Å²) >= 11 is 3.29. The average Bonchev–Trinajstić information content (AvgIpc) is 2.73. The molecular formula is C14H18BrN3O2. The molecule has 0 aliphatic carbocycles. The number of carbonyl (C=O) groups is 2. The average molecular weight is 340 g/mol. The van der Waals surface area contributed by atoms with Crippen LogP contribution in [0, 0.1) is 11.8 Å². The number of nitrogens with one attached hydrogen (secondary N) is 1. The second-order valence-corrected chi connectivity index (χ2v) is 6.36. The summed E-state index contributed by atoms with van der Waals surface area (Å²) in [5, 5.41) is 2.76. The summed E-state index contributed by atoms with van der Waals surface area (Å²) in [5.74, 6) is 0.551. The molecule has 108 valence electrons. The molecule has 1 fully saturated rings. The van der Waals surface area contributed by atoms with Gasteiger partial charge in [0.2, 0.25) is 11.8 Å².